The van der Waals surface area contributed by atoms with E-state index in [1.807, 2.05) is 30.5 Å². The number of fused-ring (bicyclic) bond motifs is 1. The Morgan fingerprint density at radius 2 is 1.78 bits per heavy atom. The lowest BCUT2D eigenvalue weighted by atomic mass is 10.2. The third-order valence-electron chi connectivity index (χ3n) is 2.45. The van der Waals surface area contributed by atoms with Crippen molar-refractivity contribution in [1.82, 2.24) is 19.9 Å². The molecule has 18 heavy (non-hydrogen) atoms. The molecule has 0 spiro atoms. The second kappa shape index (κ2) is 3.88. The second-order valence-corrected chi connectivity index (χ2v) is 3.63. The Balaban J connectivity index is 2.03. The Bertz CT molecular complexity index is 689. The molecule has 1 aromatic carbocycles. The van der Waals surface area contributed by atoms with E-state index in [0.717, 1.165) is 16.6 Å². The summed E-state index contributed by atoms with van der Waals surface area (Å²) in [7, 11) is 0. The van der Waals surface area contributed by atoms with Gasteiger partial charge >= 0.3 is 12.0 Å². The first-order chi connectivity index (χ1) is 8.72. The van der Waals surface area contributed by atoms with Gasteiger partial charge in [0.05, 0.1) is 5.69 Å². The summed E-state index contributed by atoms with van der Waals surface area (Å²) in [5.41, 5.74) is 1.72. The van der Waals surface area contributed by atoms with Gasteiger partial charge in [-0.3, -0.25) is 0 Å². The van der Waals surface area contributed by atoms with Crippen molar-refractivity contribution in [2.24, 2.45) is 0 Å². The number of nitrogens with one attached hydrogen (secondary N) is 2. The van der Waals surface area contributed by atoms with E-state index < -0.39 is 12.0 Å². The maximum Gasteiger partial charge on any atom is 0.321 e. The quantitative estimate of drug-likeness (QED) is 0.543. The highest BCUT2D eigenvalue weighted by atomic mass is 16.3. The maximum absolute atomic E-state index is 9.18. The molecule has 0 aliphatic heterocycles. The summed E-state index contributed by atoms with van der Waals surface area (Å²) in [6.45, 7) is 0. The Morgan fingerprint density at radius 3 is 2.56 bits per heavy atom. The number of hydrogen-bond acceptors (Lipinski definition) is 6. The van der Waals surface area contributed by atoms with E-state index >= 15 is 0 Å². The number of aromatic hydroxyl groups is 2. The Kier molecular flexibility index (Phi) is 2.23. The molecule has 0 saturated carbocycles. The molecular weight excluding hydrogens is 234 g/mol. The maximum atomic E-state index is 9.18. The zero-order chi connectivity index (χ0) is 12.5. The standard InChI is InChI=1S/C11H9N5O2/c17-10-14-9(15-11(18)16-10)13-8-3-1-2-7-6(8)4-5-12-7/h1-5,12H,(H3,13,14,15,16,17,18). The number of benzene rings is 1. The lowest BCUT2D eigenvalue weighted by Gasteiger charge is -2.06. The van der Waals surface area contributed by atoms with Gasteiger partial charge in [0.2, 0.25) is 5.95 Å². The molecule has 4 N–H and O–H groups in total. The van der Waals surface area contributed by atoms with Crippen molar-refractivity contribution in [2.45, 2.75) is 0 Å². The van der Waals surface area contributed by atoms with E-state index in [-0.39, 0.29) is 5.95 Å². The number of anilines is 2. The normalized spacial score (nSPS) is 10.7. The highest BCUT2D eigenvalue weighted by Crippen LogP contribution is 2.25. The molecule has 90 valence electrons. The van der Waals surface area contributed by atoms with E-state index in [1.165, 1.54) is 0 Å². The second-order valence-electron chi connectivity index (χ2n) is 3.63. The summed E-state index contributed by atoms with van der Waals surface area (Å²) in [5, 5.41) is 22.2. The number of hydrogen-bond donors (Lipinski definition) is 4. The van der Waals surface area contributed by atoms with Crippen LogP contribution in [0.2, 0.25) is 0 Å². The molecule has 0 radical (unpaired) electrons. The molecule has 0 unspecified atom stereocenters. The molecule has 0 saturated heterocycles. The number of aromatic nitrogens is 4. The Morgan fingerprint density at radius 1 is 1.00 bits per heavy atom. The van der Waals surface area contributed by atoms with Crippen LogP contribution in [0, 0.1) is 0 Å². The lowest BCUT2D eigenvalue weighted by Crippen LogP contribution is -1.98. The van der Waals surface area contributed by atoms with Crippen molar-refractivity contribution in [1.29, 1.82) is 0 Å². The molecule has 7 nitrogen and oxygen atoms in total. The van der Waals surface area contributed by atoms with Gasteiger partial charge in [0, 0.05) is 17.1 Å². The molecule has 0 aliphatic rings. The molecule has 0 aliphatic carbocycles. The van der Waals surface area contributed by atoms with Crippen LogP contribution in [0.3, 0.4) is 0 Å². The van der Waals surface area contributed by atoms with Crippen LogP contribution < -0.4 is 5.32 Å². The van der Waals surface area contributed by atoms with Crippen LogP contribution in [0.5, 0.6) is 12.0 Å². The van der Waals surface area contributed by atoms with Crippen molar-refractivity contribution in [2.75, 3.05) is 5.32 Å². The van der Waals surface area contributed by atoms with E-state index in [2.05, 4.69) is 25.3 Å². The number of nitrogens with zero attached hydrogens (tertiary/aromatic N) is 3. The summed E-state index contributed by atoms with van der Waals surface area (Å²) in [4.78, 5) is 13.7. The minimum Gasteiger partial charge on any atom is -0.479 e. The first-order valence-electron chi connectivity index (χ1n) is 5.19. The Labute approximate surface area is 101 Å². The van der Waals surface area contributed by atoms with Gasteiger partial charge in [0.15, 0.2) is 0 Å². The zero-order valence-corrected chi connectivity index (χ0v) is 9.12. The largest absolute Gasteiger partial charge is 0.479 e. The fraction of sp³-hybridized carbons (Fsp3) is 0. The highest BCUT2D eigenvalue weighted by molar-refractivity contribution is 5.93. The third kappa shape index (κ3) is 1.77. The smallest absolute Gasteiger partial charge is 0.321 e. The molecule has 0 bridgehead atoms. The summed E-state index contributed by atoms with van der Waals surface area (Å²) in [6, 6.07) is 6.47. The van der Waals surface area contributed by atoms with Gasteiger partial charge in [-0.2, -0.15) is 9.97 Å². The fourth-order valence-corrected chi connectivity index (χ4v) is 1.72. The van der Waals surface area contributed by atoms with E-state index in [1.54, 1.807) is 0 Å². The minimum atomic E-state index is -0.536. The van der Waals surface area contributed by atoms with Crippen LogP contribution in [0.15, 0.2) is 30.5 Å². The molecule has 7 heteroatoms. The van der Waals surface area contributed by atoms with E-state index in [0.29, 0.717) is 0 Å². The number of rotatable bonds is 2. The van der Waals surface area contributed by atoms with E-state index in [4.69, 9.17) is 0 Å². The molecule has 0 atom stereocenters. The van der Waals surface area contributed by atoms with Gasteiger partial charge < -0.3 is 20.5 Å². The third-order valence-corrected chi connectivity index (χ3v) is 2.45. The monoisotopic (exact) mass is 243 g/mol. The van der Waals surface area contributed by atoms with Crippen LogP contribution in [0.1, 0.15) is 0 Å². The lowest BCUT2D eigenvalue weighted by molar-refractivity contribution is 0.384. The molecule has 3 rings (SSSR count). The predicted octanol–water partition coefficient (Wildman–Crippen LogP) is 1.51. The summed E-state index contributed by atoms with van der Waals surface area (Å²) < 4.78 is 0. The molecule has 0 fully saturated rings. The first kappa shape index (κ1) is 10.3. The van der Waals surface area contributed by atoms with Gasteiger partial charge in [-0.1, -0.05) is 6.07 Å². The predicted molar refractivity (Wildman–Crippen MR) is 64.7 cm³/mol. The topological polar surface area (TPSA) is 107 Å². The molecule has 2 aromatic heterocycles. The van der Waals surface area contributed by atoms with Gasteiger partial charge in [-0.05, 0) is 18.2 Å². The van der Waals surface area contributed by atoms with Crippen molar-refractivity contribution >= 4 is 22.5 Å². The van der Waals surface area contributed by atoms with Crippen molar-refractivity contribution < 1.29 is 10.2 Å². The summed E-state index contributed by atoms with van der Waals surface area (Å²) in [5.74, 6) is 0.0775. The van der Waals surface area contributed by atoms with Gasteiger partial charge in [0.1, 0.15) is 0 Å². The van der Waals surface area contributed by atoms with Crippen LogP contribution in [-0.4, -0.2) is 30.1 Å². The van der Waals surface area contributed by atoms with Gasteiger partial charge in [-0.25, -0.2) is 0 Å². The molecule has 3 aromatic rings. The SMILES string of the molecule is Oc1nc(O)nc(Nc2cccc3[nH]ccc23)n1. The number of aromatic amines is 1. The van der Waals surface area contributed by atoms with Gasteiger partial charge in [-0.15, -0.1) is 4.98 Å². The Hall–Kier alpha value is -2.83. The zero-order valence-electron chi connectivity index (χ0n) is 9.12. The average Bonchev–Trinajstić information content (AvgIpc) is 2.76. The summed E-state index contributed by atoms with van der Waals surface area (Å²) in [6.07, 6.45) is 1.82. The van der Waals surface area contributed by atoms with Crippen LogP contribution in [0.25, 0.3) is 10.9 Å². The van der Waals surface area contributed by atoms with Crippen molar-refractivity contribution in [3.63, 3.8) is 0 Å². The minimum absolute atomic E-state index is 0.0775. The summed E-state index contributed by atoms with van der Waals surface area (Å²) >= 11 is 0. The first-order valence-corrected chi connectivity index (χ1v) is 5.19. The number of H-pyrrole nitrogens is 1. The van der Waals surface area contributed by atoms with Crippen molar-refractivity contribution in [3.8, 4) is 12.0 Å². The van der Waals surface area contributed by atoms with Crippen LogP contribution >= 0.6 is 0 Å². The van der Waals surface area contributed by atoms with Crippen LogP contribution in [0.4, 0.5) is 11.6 Å². The van der Waals surface area contributed by atoms with Gasteiger partial charge in [0.25, 0.3) is 0 Å². The average molecular weight is 243 g/mol. The molecular formula is C11H9N5O2. The van der Waals surface area contributed by atoms with E-state index in [9.17, 15) is 10.2 Å². The highest BCUT2D eigenvalue weighted by Gasteiger charge is 2.07. The fourth-order valence-electron chi connectivity index (χ4n) is 1.72. The van der Waals surface area contributed by atoms with Crippen LogP contribution in [-0.2, 0) is 0 Å². The molecule has 2 heterocycles. The molecule has 0 amide bonds. The van der Waals surface area contributed by atoms with Crippen molar-refractivity contribution in [3.05, 3.63) is 30.5 Å².